The number of aliphatic imine (C=N–C) groups is 1. The summed E-state index contributed by atoms with van der Waals surface area (Å²) in [6.07, 6.45) is -8.43. The normalized spacial score (nSPS) is 18.4. The number of rotatable bonds is 3. The number of nitrogens with zero attached hydrogens (tertiary/aromatic N) is 4. The molecule has 1 fully saturated rings. The van der Waals surface area contributed by atoms with Gasteiger partial charge in [-0.1, -0.05) is 12.1 Å². The highest BCUT2D eigenvalue weighted by molar-refractivity contribution is 5.80. The van der Waals surface area contributed by atoms with E-state index >= 15 is 0 Å². The number of nitrogens with one attached hydrogen (secondary N) is 1. The molecule has 1 atom stereocenters. The molecule has 3 rings (SSSR count). The van der Waals surface area contributed by atoms with Gasteiger partial charge in [0.2, 0.25) is 0 Å². The summed E-state index contributed by atoms with van der Waals surface area (Å²) in [6.45, 7) is 0.637. The third-order valence-electron chi connectivity index (χ3n) is 4.77. The maximum Gasteiger partial charge on any atom is 0.435 e. The smallest absolute Gasteiger partial charge is 0.370 e. The summed E-state index contributed by atoms with van der Waals surface area (Å²) in [5.74, 6) is 0.317. The molecule has 1 unspecified atom stereocenters. The molecular weight excluding hydrogens is 428 g/mol. The molecule has 1 aromatic carbocycles. The zero-order valence-corrected chi connectivity index (χ0v) is 16.8. The Bertz CT molecular complexity index is 937. The molecule has 1 N–H and O–H groups in total. The lowest BCUT2D eigenvalue weighted by atomic mass is 10.0. The Morgan fingerprint density at radius 1 is 1.23 bits per heavy atom. The maximum atomic E-state index is 13.1. The average molecular weight is 449 g/mol. The van der Waals surface area contributed by atoms with Gasteiger partial charge in [-0.05, 0) is 17.7 Å². The molecule has 0 aliphatic carbocycles. The number of aryl methyl sites for hydroxylation is 1. The highest BCUT2D eigenvalue weighted by Crippen LogP contribution is 2.33. The van der Waals surface area contributed by atoms with E-state index in [0.717, 1.165) is 16.8 Å². The van der Waals surface area contributed by atoms with E-state index < -0.39 is 29.7 Å². The average Bonchev–Trinajstić information content (AvgIpc) is 3.09. The molecule has 1 saturated heterocycles. The summed E-state index contributed by atoms with van der Waals surface area (Å²) in [4.78, 5) is 5.83. The fourth-order valence-corrected chi connectivity index (χ4v) is 3.37. The van der Waals surface area contributed by atoms with Gasteiger partial charge in [0.1, 0.15) is 6.10 Å². The number of morpholine rings is 1. The van der Waals surface area contributed by atoms with Crippen molar-refractivity contribution in [1.29, 1.82) is 0 Å². The van der Waals surface area contributed by atoms with E-state index in [2.05, 4.69) is 15.4 Å². The Hall–Kier alpha value is -2.76. The summed E-state index contributed by atoms with van der Waals surface area (Å²) in [5, 5.41) is 6.34. The second-order valence-corrected chi connectivity index (χ2v) is 7.00. The number of guanidine groups is 1. The van der Waals surface area contributed by atoms with Crippen molar-refractivity contribution >= 4 is 5.96 Å². The van der Waals surface area contributed by atoms with Crippen LogP contribution in [0.1, 0.15) is 28.5 Å². The third kappa shape index (κ3) is 5.49. The minimum absolute atomic E-state index is 0.0427. The molecule has 0 amide bonds. The molecule has 0 spiro atoms. The predicted molar refractivity (Wildman–Crippen MR) is 100 cm³/mol. The first kappa shape index (κ1) is 22.9. The van der Waals surface area contributed by atoms with Crippen LogP contribution in [-0.4, -0.2) is 47.4 Å². The maximum absolute atomic E-state index is 13.1. The van der Waals surface area contributed by atoms with E-state index in [1.54, 1.807) is 11.0 Å². The topological polar surface area (TPSA) is 54.7 Å². The Morgan fingerprint density at radius 2 is 1.97 bits per heavy atom. The molecule has 170 valence electrons. The molecule has 31 heavy (non-hydrogen) atoms. The van der Waals surface area contributed by atoms with Crippen LogP contribution in [0, 0.1) is 0 Å². The summed E-state index contributed by atoms with van der Waals surface area (Å²) in [7, 11) is 2.88. The molecular formula is C19H21F6N5O. The highest BCUT2D eigenvalue weighted by atomic mass is 19.4. The van der Waals surface area contributed by atoms with Crippen LogP contribution in [0.2, 0.25) is 0 Å². The quantitative estimate of drug-likeness (QED) is 0.442. The van der Waals surface area contributed by atoms with Crippen LogP contribution < -0.4 is 5.32 Å². The molecule has 1 aliphatic heterocycles. The van der Waals surface area contributed by atoms with Crippen molar-refractivity contribution in [2.75, 3.05) is 26.7 Å². The standard InChI is InChI=1S/C19H21F6N5O/c1-26-17(27-9-13-10-29(2)28-16(13)19(23,24)25)30-6-7-31-15(11-30)12-4-3-5-14(8-12)18(20,21)22/h3-5,8,10,15H,6-7,9,11H2,1-2H3,(H,26,27). The van der Waals surface area contributed by atoms with Gasteiger partial charge in [0, 0.05) is 38.9 Å². The molecule has 0 bridgehead atoms. The minimum Gasteiger partial charge on any atom is -0.370 e. The van der Waals surface area contributed by atoms with Crippen LogP contribution in [0.25, 0.3) is 0 Å². The van der Waals surface area contributed by atoms with Crippen molar-refractivity contribution < 1.29 is 31.1 Å². The van der Waals surface area contributed by atoms with E-state index in [1.807, 2.05) is 0 Å². The van der Waals surface area contributed by atoms with Crippen molar-refractivity contribution in [1.82, 2.24) is 20.0 Å². The summed E-state index contributed by atoms with van der Waals surface area (Å²) < 4.78 is 85.2. The van der Waals surface area contributed by atoms with Gasteiger partial charge in [-0.15, -0.1) is 0 Å². The van der Waals surface area contributed by atoms with Gasteiger partial charge in [0.25, 0.3) is 0 Å². The van der Waals surface area contributed by atoms with E-state index in [4.69, 9.17) is 4.74 Å². The van der Waals surface area contributed by atoms with E-state index in [1.165, 1.54) is 26.4 Å². The van der Waals surface area contributed by atoms with Crippen molar-refractivity contribution in [3.05, 3.63) is 52.8 Å². The molecule has 0 saturated carbocycles. The zero-order valence-electron chi connectivity index (χ0n) is 16.8. The first-order valence-electron chi connectivity index (χ1n) is 9.33. The van der Waals surface area contributed by atoms with Gasteiger partial charge < -0.3 is 15.0 Å². The van der Waals surface area contributed by atoms with Gasteiger partial charge in [-0.25, -0.2) is 0 Å². The van der Waals surface area contributed by atoms with Gasteiger partial charge in [0.05, 0.1) is 18.7 Å². The Balaban J connectivity index is 1.71. The summed E-state index contributed by atoms with van der Waals surface area (Å²) in [5.41, 5.74) is -1.44. The SMILES string of the molecule is CN=C(NCc1cn(C)nc1C(F)(F)F)N1CCOC(c2cccc(C(F)(F)F)c2)C1. The first-order chi connectivity index (χ1) is 14.5. The van der Waals surface area contributed by atoms with Crippen LogP contribution in [0.3, 0.4) is 0 Å². The number of hydrogen-bond acceptors (Lipinski definition) is 3. The van der Waals surface area contributed by atoms with Gasteiger partial charge in [-0.3, -0.25) is 9.67 Å². The monoisotopic (exact) mass is 449 g/mol. The molecule has 12 heteroatoms. The van der Waals surface area contributed by atoms with Crippen molar-refractivity contribution in [2.45, 2.75) is 25.0 Å². The molecule has 1 aliphatic rings. The van der Waals surface area contributed by atoms with Crippen LogP contribution >= 0.6 is 0 Å². The van der Waals surface area contributed by atoms with E-state index in [-0.39, 0.29) is 25.3 Å². The van der Waals surface area contributed by atoms with Crippen molar-refractivity contribution in [3.8, 4) is 0 Å². The Labute approximate surface area is 174 Å². The van der Waals surface area contributed by atoms with Gasteiger partial charge in [0.15, 0.2) is 11.7 Å². The number of aromatic nitrogens is 2. The number of benzene rings is 1. The summed E-state index contributed by atoms with van der Waals surface area (Å²) in [6, 6.07) is 4.88. The van der Waals surface area contributed by atoms with Crippen LogP contribution in [-0.2, 0) is 30.7 Å². The van der Waals surface area contributed by atoms with Crippen LogP contribution in [0.15, 0.2) is 35.5 Å². The molecule has 6 nitrogen and oxygen atoms in total. The lowest BCUT2D eigenvalue weighted by Gasteiger charge is -2.35. The number of hydrogen-bond donors (Lipinski definition) is 1. The predicted octanol–water partition coefficient (Wildman–Crippen LogP) is 3.61. The summed E-state index contributed by atoms with van der Waals surface area (Å²) >= 11 is 0. The molecule has 0 radical (unpaired) electrons. The number of alkyl halides is 6. The van der Waals surface area contributed by atoms with Gasteiger partial charge in [-0.2, -0.15) is 31.4 Å². The van der Waals surface area contributed by atoms with Crippen LogP contribution in [0.5, 0.6) is 0 Å². The van der Waals surface area contributed by atoms with E-state index in [9.17, 15) is 26.3 Å². The highest BCUT2D eigenvalue weighted by Gasteiger charge is 2.37. The van der Waals surface area contributed by atoms with Gasteiger partial charge >= 0.3 is 12.4 Å². The van der Waals surface area contributed by atoms with Crippen molar-refractivity contribution in [2.24, 2.45) is 12.0 Å². The van der Waals surface area contributed by atoms with E-state index in [0.29, 0.717) is 18.1 Å². The Kier molecular flexibility index (Phi) is 6.48. The molecule has 2 aromatic rings. The third-order valence-corrected chi connectivity index (χ3v) is 4.77. The van der Waals surface area contributed by atoms with Crippen LogP contribution in [0.4, 0.5) is 26.3 Å². The lowest BCUT2D eigenvalue weighted by Crippen LogP contribution is -2.48. The second-order valence-electron chi connectivity index (χ2n) is 7.00. The fourth-order valence-electron chi connectivity index (χ4n) is 3.37. The van der Waals surface area contributed by atoms with Crippen molar-refractivity contribution in [3.63, 3.8) is 0 Å². The zero-order chi connectivity index (χ0) is 22.8. The fraction of sp³-hybridized carbons (Fsp3) is 0.474. The number of halogens is 6. The number of ether oxygens (including phenoxy) is 1. The molecule has 1 aromatic heterocycles. The Morgan fingerprint density at radius 3 is 2.61 bits per heavy atom. The molecule has 2 heterocycles. The first-order valence-corrected chi connectivity index (χ1v) is 9.33. The lowest BCUT2D eigenvalue weighted by molar-refractivity contribution is -0.142. The second kappa shape index (κ2) is 8.77. The minimum atomic E-state index is -4.59. The largest absolute Gasteiger partial charge is 0.435 e.